The van der Waals surface area contributed by atoms with Crippen LogP contribution in [-0.4, -0.2) is 52.9 Å². The topological polar surface area (TPSA) is 129 Å². The maximum absolute atomic E-state index is 11.4. The fourth-order valence-electron chi connectivity index (χ4n) is 1.51. The maximum Gasteiger partial charge on any atom is 0.268 e. The van der Waals surface area contributed by atoms with Gasteiger partial charge in [0.05, 0.1) is 6.07 Å². The van der Waals surface area contributed by atoms with Gasteiger partial charge in [-0.3, -0.25) is 4.79 Å². The second-order valence-electron chi connectivity index (χ2n) is 3.40. The van der Waals surface area contributed by atoms with Crippen LogP contribution in [0.1, 0.15) is 6.42 Å². The molecule has 1 fully saturated rings. The molecule has 0 aliphatic carbocycles. The van der Waals surface area contributed by atoms with Crippen molar-refractivity contribution in [2.75, 3.05) is 26.2 Å². The first-order valence-electron chi connectivity index (χ1n) is 4.92. The molecule has 0 aromatic carbocycles. The highest BCUT2D eigenvalue weighted by atomic mass is 16.7. The number of guanidine groups is 1. The van der Waals surface area contributed by atoms with Crippen molar-refractivity contribution < 1.29 is 9.83 Å². The summed E-state index contributed by atoms with van der Waals surface area (Å²) in [6.45, 7) is 1.52. The molecule has 9 heteroatoms. The molecule has 2 N–H and O–H groups in total. The third kappa shape index (κ3) is 3.60. The molecule has 0 unspecified atom stereocenters. The summed E-state index contributed by atoms with van der Waals surface area (Å²) in [6, 6.07) is 1.78. The second kappa shape index (κ2) is 5.64. The Kier molecular flexibility index (Phi) is 4.21. The van der Waals surface area contributed by atoms with E-state index in [0.29, 0.717) is 26.2 Å². The molecular weight excluding hydrogens is 228 g/mol. The monoisotopic (exact) mass is 240 g/mol. The number of nitro groups is 1. The second-order valence-corrected chi connectivity index (χ2v) is 3.40. The summed E-state index contributed by atoms with van der Waals surface area (Å²) in [5, 5.41) is 20.6. The summed E-state index contributed by atoms with van der Waals surface area (Å²) in [5.41, 5.74) is 5.41. The van der Waals surface area contributed by atoms with Gasteiger partial charge in [0, 0.05) is 26.2 Å². The van der Waals surface area contributed by atoms with Crippen LogP contribution < -0.4 is 5.73 Å². The van der Waals surface area contributed by atoms with Crippen molar-refractivity contribution in [2.45, 2.75) is 6.42 Å². The highest BCUT2D eigenvalue weighted by molar-refractivity contribution is 5.80. The number of hydrogen-bond acceptors (Lipinski definition) is 4. The van der Waals surface area contributed by atoms with Gasteiger partial charge in [-0.15, -0.1) is 0 Å². The summed E-state index contributed by atoms with van der Waals surface area (Å²) in [6.07, 6.45) is -0.154. The minimum atomic E-state index is -0.859. The van der Waals surface area contributed by atoms with Crippen molar-refractivity contribution in [3.05, 3.63) is 10.1 Å². The Bertz CT molecular complexity index is 379. The standard InChI is InChI=1S/C8H12N6O3/c9-2-1-7(15)12-3-5-13(6-4-12)8(10)11-14(16)17/h1,3-6H2,(H2,10,11). The quantitative estimate of drug-likeness (QED) is 0.272. The van der Waals surface area contributed by atoms with Gasteiger partial charge < -0.3 is 15.5 Å². The predicted molar refractivity (Wildman–Crippen MR) is 57.0 cm³/mol. The van der Waals surface area contributed by atoms with E-state index in [4.69, 9.17) is 11.0 Å². The Morgan fingerprint density at radius 1 is 1.41 bits per heavy atom. The van der Waals surface area contributed by atoms with Crippen LogP contribution in [0.25, 0.3) is 0 Å². The average molecular weight is 240 g/mol. The number of piperazine rings is 1. The molecule has 1 aliphatic rings. The molecule has 1 amide bonds. The Hall–Kier alpha value is -2.37. The van der Waals surface area contributed by atoms with Gasteiger partial charge in [0.15, 0.2) is 5.03 Å². The smallest absolute Gasteiger partial charge is 0.268 e. The van der Waals surface area contributed by atoms with Gasteiger partial charge in [-0.25, -0.2) is 10.1 Å². The van der Waals surface area contributed by atoms with Crippen LogP contribution in [0.2, 0.25) is 0 Å². The van der Waals surface area contributed by atoms with Gasteiger partial charge in [0.2, 0.25) is 5.91 Å². The van der Waals surface area contributed by atoms with Crippen molar-refractivity contribution in [3.8, 4) is 6.07 Å². The molecule has 0 atom stereocenters. The zero-order valence-electron chi connectivity index (χ0n) is 9.07. The van der Waals surface area contributed by atoms with E-state index in [9.17, 15) is 14.9 Å². The van der Waals surface area contributed by atoms with E-state index < -0.39 is 5.03 Å². The molecule has 0 saturated carbocycles. The van der Waals surface area contributed by atoms with Crippen LogP contribution in [0.4, 0.5) is 0 Å². The molecular formula is C8H12N6O3. The molecule has 1 aliphatic heterocycles. The van der Waals surface area contributed by atoms with Crippen LogP contribution in [0.5, 0.6) is 0 Å². The number of amides is 1. The summed E-state index contributed by atoms with van der Waals surface area (Å²) < 4.78 is 0. The van der Waals surface area contributed by atoms with E-state index in [-0.39, 0.29) is 18.3 Å². The summed E-state index contributed by atoms with van der Waals surface area (Å²) >= 11 is 0. The van der Waals surface area contributed by atoms with Crippen molar-refractivity contribution in [2.24, 2.45) is 10.8 Å². The van der Waals surface area contributed by atoms with E-state index >= 15 is 0 Å². The first-order valence-corrected chi connectivity index (χ1v) is 4.92. The van der Waals surface area contributed by atoms with Crippen molar-refractivity contribution in [3.63, 3.8) is 0 Å². The van der Waals surface area contributed by atoms with Crippen LogP contribution in [0.15, 0.2) is 5.10 Å². The van der Waals surface area contributed by atoms with Crippen LogP contribution in [-0.2, 0) is 4.79 Å². The molecule has 0 spiro atoms. The molecule has 0 aromatic heterocycles. The number of rotatable bonds is 2. The average Bonchev–Trinajstić information content (AvgIpc) is 2.28. The van der Waals surface area contributed by atoms with E-state index in [1.54, 1.807) is 6.07 Å². The normalized spacial score (nSPS) is 16.5. The SMILES string of the molecule is N#CCC(=O)N1CCN(C(N)=N[N+](=O)[O-])CC1. The minimum Gasteiger partial charge on any atom is -0.365 e. The fraction of sp³-hybridized carbons (Fsp3) is 0.625. The van der Waals surface area contributed by atoms with Gasteiger partial charge in [-0.2, -0.15) is 5.26 Å². The third-order valence-electron chi connectivity index (χ3n) is 2.37. The molecule has 92 valence electrons. The molecule has 0 radical (unpaired) electrons. The number of nitrogens with zero attached hydrogens (tertiary/aromatic N) is 5. The zero-order valence-corrected chi connectivity index (χ0v) is 9.07. The first-order chi connectivity index (χ1) is 8.04. The molecule has 1 rings (SSSR count). The van der Waals surface area contributed by atoms with Gasteiger partial charge in [0.1, 0.15) is 11.5 Å². The summed E-state index contributed by atoms with van der Waals surface area (Å²) in [4.78, 5) is 24.5. The Labute approximate surface area is 97.2 Å². The van der Waals surface area contributed by atoms with Gasteiger partial charge in [-0.1, -0.05) is 0 Å². The lowest BCUT2D eigenvalue weighted by atomic mass is 10.3. The molecule has 0 bridgehead atoms. The van der Waals surface area contributed by atoms with Crippen LogP contribution >= 0.6 is 0 Å². The van der Waals surface area contributed by atoms with Gasteiger partial charge in [0.25, 0.3) is 5.96 Å². The first kappa shape index (κ1) is 12.7. The number of nitriles is 1. The highest BCUT2D eigenvalue weighted by Crippen LogP contribution is 2.03. The zero-order chi connectivity index (χ0) is 12.8. The predicted octanol–water partition coefficient (Wildman–Crippen LogP) is -1.45. The van der Waals surface area contributed by atoms with Crippen LogP contribution in [0.3, 0.4) is 0 Å². The largest absolute Gasteiger partial charge is 0.365 e. The maximum atomic E-state index is 11.4. The molecule has 1 saturated heterocycles. The summed E-state index contributed by atoms with van der Waals surface area (Å²) in [7, 11) is 0. The van der Waals surface area contributed by atoms with Crippen molar-refractivity contribution >= 4 is 11.9 Å². The Morgan fingerprint density at radius 2 is 1.94 bits per heavy atom. The lowest BCUT2D eigenvalue weighted by Crippen LogP contribution is -2.52. The lowest BCUT2D eigenvalue weighted by Gasteiger charge is -2.34. The molecule has 17 heavy (non-hydrogen) atoms. The fourth-order valence-corrected chi connectivity index (χ4v) is 1.51. The van der Waals surface area contributed by atoms with E-state index in [2.05, 4.69) is 5.10 Å². The minimum absolute atomic E-state index is 0.154. The lowest BCUT2D eigenvalue weighted by molar-refractivity contribution is -0.485. The van der Waals surface area contributed by atoms with Crippen molar-refractivity contribution in [1.82, 2.24) is 9.80 Å². The molecule has 9 nitrogen and oxygen atoms in total. The number of hydrazone groups is 1. The molecule has 0 aromatic rings. The third-order valence-corrected chi connectivity index (χ3v) is 2.37. The Balaban J connectivity index is 2.49. The number of hydrogen-bond donors (Lipinski definition) is 1. The van der Waals surface area contributed by atoms with Gasteiger partial charge >= 0.3 is 0 Å². The number of carbonyl (C=O) groups is 1. The number of carbonyl (C=O) groups excluding carboxylic acids is 1. The number of nitrogens with two attached hydrogens (primary N) is 1. The van der Waals surface area contributed by atoms with E-state index in [0.717, 1.165) is 0 Å². The molecule has 1 heterocycles. The van der Waals surface area contributed by atoms with E-state index in [1.165, 1.54) is 9.80 Å². The van der Waals surface area contributed by atoms with Crippen LogP contribution in [0, 0.1) is 21.4 Å². The van der Waals surface area contributed by atoms with E-state index in [1.807, 2.05) is 0 Å². The van der Waals surface area contributed by atoms with Crippen molar-refractivity contribution in [1.29, 1.82) is 5.26 Å². The highest BCUT2D eigenvalue weighted by Gasteiger charge is 2.22. The van der Waals surface area contributed by atoms with Gasteiger partial charge in [-0.05, 0) is 0 Å². The Morgan fingerprint density at radius 3 is 2.41 bits per heavy atom. The summed E-state index contributed by atoms with van der Waals surface area (Å²) in [5.74, 6) is -0.403.